The number of halogens is 1. The Kier molecular flexibility index (Phi) is 4.54. The number of benzene rings is 2. The highest BCUT2D eigenvalue weighted by Gasteiger charge is 2.33. The molecule has 5 nitrogen and oxygen atoms in total. The van der Waals surface area contributed by atoms with E-state index in [9.17, 15) is 9.18 Å². The van der Waals surface area contributed by atoms with Crippen molar-refractivity contribution in [3.8, 4) is 11.1 Å². The van der Waals surface area contributed by atoms with Crippen molar-refractivity contribution in [1.82, 2.24) is 14.9 Å². The lowest BCUT2D eigenvalue weighted by atomic mass is 9.99. The summed E-state index contributed by atoms with van der Waals surface area (Å²) in [7, 11) is 0. The highest BCUT2D eigenvalue weighted by molar-refractivity contribution is 5.94. The first-order valence-electron chi connectivity index (χ1n) is 8.88. The average molecular weight is 362 g/mol. The lowest BCUT2D eigenvalue weighted by molar-refractivity contribution is 0.0733. The van der Waals surface area contributed by atoms with Gasteiger partial charge in [0.1, 0.15) is 5.82 Å². The fourth-order valence-electron chi connectivity index (χ4n) is 3.56. The molecule has 1 saturated heterocycles. The van der Waals surface area contributed by atoms with Crippen LogP contribution in [0, 0.1) is 5.82 Å². The molecule has 1 amide bonds. The molecule has 2 N–H and O–H groups in total. The van der Waals surface area contributed by atoms with Crippen LogP contribution in [0.1, 0.15) is 34.9 Å². The summed E-state index contributed by atoms with van der Waals surface area (Å²) in [6.07, 6.45) is 3.33. The monoisotopic (exact) mass is 362 g/mol. The van der Waals surface area contributed by atoms with Crippen molar-refractivity contribution in [3.63, 3.8) is 0 Å². The first-order valence-corrected chi connectivity index (χ1v) is 8.88. The van der Waals surface area contributed by atoms with Gasteiger partial charge in [0.2, 0.25) is 5.95 Å². The third-order valence-electron chi connectivity index (χ3n) is 4.84. The van der Waals surface area contributed by atoms with Crippen LogP contribution in [0.2, 0.25) is 0 Å². The summed E-state index contributed by atoms with van der Waals surface area (Å²) in [5.41, 5.74) is 8.76. The molecule has 0 bridgehead atoms. The van der Waals surface area contributed by atoms with Crippen LogP contribution in [0.5, 0.6) is 0 Å². The number of aromatic nitrogens is 2. The second-order valence-corrected chi connectivity index (χ2v) is 6.56. The lowest BCUT2D eigenvalue weighted by Gasteiger charge is -2.26. The maximum absolute atomic E-state index is 13.3. The van der Waals surface area contributed by atoms with Crippen LogP contribution in [0.3, 0.4) is 0 Å². The molecule has 1 atom stereocenters. The van der Waals surface area contributed by atoms with Crippen molar-refractivity contribution >= 4 is 11.9 Å². The number of nitrogen functional groups attached to an aromatic ring is 1. The zero-order valence-electron chi connectivity index (χ0n) is 14.7. The molecule has 136 valence electrons. The van der Waals surface area contributed by atoms with Gasteiger partial charge in [-0.15, -0.1) is 0 Å². The number of anilines is 1. The molecule has 6 heteroatoms. The van der Waals surface area contributed by atoms with Gasteiger partial charge in [-0.2, -0.15) is 0 Å². The maximum atomic E-state index is 13.3. The summed E-state index contributed by atoms with van der Waals surface area (Å²) < 4.78 is 13.3. The van der Waals surface area contributed by atoms with Crippen molar-refractivity contribution in [1.29, 1.82) is 0 Å². The SMILES string of the molecule is Nc1ncc(-c2ccc(F)cc2)c([C@H]2CCCN2C(=O)c2ccccc2)n1. The van der Waals surface area contributed by atoms with Crippen molar-refractivity contribution < 1.29 is 9.18 Å². The number of rotatable bonds is 3. The van der Waals surface area contributed by atoms with Gasteiger partial charge >= 0.3 is 0 Å². The average Bonchev–Trinajstić information content (AvgIpc) is 3.18. The van der Waals surface area contributed by atoms with Crippen LogP contribution in [0.25, 0.3) is 11.1 Å². The first kappa shape index (κ1) is 17.1. The molecular formula is C21H19FN4O. The Morgan fingerprint density at radius 3 is 2.59 bits per heavy atom. The number of likely N-dealkylation sites (tertiary alicyclic amines) is 1. The van der Waals surface area contributed by atoms with Gasteiger partial charge in [0.15, 0.2) is 0 Å². The molecule has 0 aliphatic carbocycles. The van der Waals surface area contributed by atoms with Gasteiger partial charge in [-0.25, -0.2) is 14.4 Å². The normalized spacial score (nSPS) is 16.5. The molecule has 1 aromatic heterocycles. The van der Waals surface area contributed by atoms with E-state index in [1.54, 1.807) is 18.3 Å². The van der Waals surface area contributed by atoms with E-state index < -0.39 is 0 Å². The fourth-order valence-corrected chi connectivity index (χ4v) is 3.56. The third kappa shape index (κ3) is 3.38. The van der Waals surface area contributed by atoms with E-state index in [1.807, 2.05) is 35.2 Å². The Morgan fingerprint density at radius 1 is 1.11 bits per heavy atom. The van der Waals surface area contributed by atoms with Gasteiger partial charge in [-0.1, -0.05) is 30.3 Å². The Balaban J connectivity index is 1.74. The number of nitrogens with zero attached hydrogens (tertiary/aromatic N) is 3. The van der Waals surface area contributed by atoms with Crippen LogP contribution in [-0.2, 0) is 0 Å². The van der Waals surface area contributed by atoms with Crippen LogP contribution >= 0.6 is 0 Å². The minimum atomic E-state index is -0.307. The van der Waals surface area contributed by atoms with E-state index in [1.165, 1.54) is 12.1 Å². The van der Waals surface area contributed by atoms with Crippen molar-refractivity contribution in [2.75, 3.05) is 12.3 Å². The van der Waals surface area contributed by atoms with Gasteiger partial charge in [-0.3, -0.25) is 4.79 Å². The van der Waals surface area contributed by atoms with E-state index in [-0.39, 0.29) is 23.7 Å². The molecule has 2 aromatic carbocycles. The van der Waals surface area contributed by atoms with E-state index >= 15 is 0 Å². The molecule has 27 heavy (non-hydrogen) atoms. The molecule has 0 radical (unpaired) electrons. The number of carbonyl (C=O) groups is 1. The third-order valence-corrected chi connectivity index (χ3v) is 4.84. The highest BCUT2D eigenvalue weighted by atomic mass is 19.1. The van der Waals surface area contributed by atoms with Crippen LogP contribution in [0.4, 0.5) is 10.3 Å². The topological polar surface area (TPSA) is 72.1 Å². The quantitative estimate of drug-likeness (QED) is 0.768. The molecule has 0 unspecified atom stereocenters. The van der Waals surface area contributed by atoms with Crippen molar-refractivity contribution in [3.05, 3.63) is 77.9 Å². The largest absolute Gasteiger partial charge is 0.368 e. The molecule has 2 heterocycles. The molecule has 1 aliphatic rings. The second-order valence-electron chi connectivity index (χ2n) is 6.56. The van der Waals surface area contributed by atoms with E-state index in [4.69, 9.17) is 5.73 Å². The predicted molar refractivity (Wildman–Crippen MR) is 101 cm³/mol. The van der Waals surface area contributed by atoms with Crippen LogP contribution < -0.4 is 5.73 Å². The zero-order valence-corrected chi connectivity index (χ0v) is 14.7. The smallest absolute Gasteiger partial charge is 0.254 e. The molecule has 0 spiro atoms. The molecule has 4 rings (SSSR count). The number of carbonyl (C=O) groups excluding carboxylic acids is 1. The fraction of sp³-hybridized carbons (Fsp3) is 0.190. The summed E-state index contributed by atoms with van der Waals surface area (Å²) in [4.78, 5) is 23.4. The van der Waals surface area contributed by atoms with Gasteiger partial charge < -0.3 is 10.6 Å². The summed E-state index contributed by atoms with van der Waals surface area (Å²) in [5.74, 6) is -0.173. The standard InChI is InChI=1S/C21H19FN4O/c22-16-10-8-14(9-11-16)17-13-24-21(23)25-19(17)18-7-4-12-26(18)20(27)15-5-2-1-3-6-15/h1-3,5-6,8-11,13,18H,4,7,12H2,(H2,23,24,25)/t18-/m1/s1. The van der Waals surface area contributed by atoms with Gasteiger partial charge in [0, 0.05) is 23.9 Å². The molecule has 1 aliphatic heterocycles. The number of hydrogen-bond acceptors (Lipinski definition) is 4. The van der Waals surface area contributed by atoms with Crippen molar-refractivity contribution in [2.45, 2.75) is 18.9 Å². The Labute approximate surface area is 156 Å². The van der Waals surface area contributed by atoms with Gasteiger partial charge in [0.05, 0.1) is 11.7 Å². The predicted octanol–water partition coefficient (Wildman–Crippen LogP) is 3.84. The van der Waals surface area contributed by atoms with E-state index in [2.05, 4.69) is 9.97 Å². The number of hydrogen-bond donors (Lipinski definition) is 1. The summed E-state index contributed by atoms with van der Waals surface area (Å²) in [6.45, 7) is 0.658. The molecule has 0 saturated carbocycles. The summed E-state index contributed by atoms with van der Waals surface area (Å²) in [5, 5.41) is 0. The van der Waals surface area contributed by atoms with Gasteiger partial charge in [0.25, 0.3) is 5.91 Å². The van der Waals surface area contributed by atoms with Crippen LogP contribution in [0.15, 0.2) is 60.8 Å². The molecular weight excluding hydrogens is 343 g/mol. The molecule has 1 fully saturated rings. The van der Waals surface area contributed by atoms with Crippen LogP contribution in [-0.4, -0.2) is 27.3 Å². The maximum Gasteiger partial charge on any atom is 0.254 e. The first-order chi connectivity index (χ1) is 13.1. The summed E-state index contributed by atoms with van der Waals surface area (Å²) >= 11 is 0. The number of amides is 1. The van der Waals surface area contributed by atoms with Gasteiger partial charge in [-0.05, 0) is 42.7 Å². The minimum Gasteiger partial charge on any atom is -0.368 e. The highest BCUT2D eigenvalue weighted by Crippen LogP contribution is 2.37. The van der Waals surface area contributed by atoms with Crippen molar-refractivity contribution in [2.24, 2.45) is 0 Å². The Morgan fingerprint density at radius 2 is 1.85 bits per heavy atom. The summed E-state index contributed by atoms with van der Waals surface area (Å²) in [6, 6.07) is 15.2. The Hall–Kier alpha value is -3.28. The zero-order chi connectivity index (χ0) is 18.8. The minimum absolute atomic E-state index is 0.0275. The Bertz CT molecular complexity index is 960. The lowest BCUT2D eigenvalue weighted by Crippen LogP contribution is -2.31. The number of nitrogens with two attached hydrogens (primary N) is 1. The second kappa shape index (κ2) is 7.15. The van der Waals surface area contributed by atoms with E-state index in [0.29, 0.717) is 17.8 Å². The molecule has 3 aromatic rings. The van der Waals surface area contributed by atoms with E-state index in [0.717, 1.165) is 24.0 Å².